The predicted octanol–water partition coefficient (Wildman–Crippen LogP) is 4.31. The van der Waals surface area contributed by atoms with Gasteiger partial charge in [-0.1, -0.05) is 0 Å². The van der Waals surface area contributed by atoms with Crippen LogP contribution >= 0.6 is 6.70 Å². The van der Waals surface area contributed by atoms with Crippen LogP contribution in [0.1, 0.15) is 51.4 Å². The fourth-order valence-electron chi connectivity index (χ4n) is 5.29. The fraction of sp³-hybridized carbons (Fsp3) is 1.00. The van der Waals surface area contributed by atoms with Gasteiger partial charge in [0.05, 0.1) is 0 Å². The molecular weight excluding hydrogens is 231 g/mol. The molecule has 0 aromatic rings. The Bertz CT molecular complexity index is 297. The van der Waals surface area contributed by atoms with E-state index in [1.165, 1.54) is 38.5 Å². The van der Waals surface area contributed by atoms with Gasteiger partial charge in [0, 0.05) is 11.8 Å². The molecule has 16 heavy (non-hydrogen) atoms. The first kappa shape index (κ1) is 10.4. The number of fused-ring (bicyclic) bond motifs is 4. The van der Waals surface area contributed by atoms with Crippen molar-refractivity contribution >= 4 is 18.5 Å². The Morgan fingerprint density at radius 1 is 0.688 bits per heavy atom. The van der Waals surface area contributed by atoms with Crippen LogP contribution < -0.4 is 0 Å². The van der Waals surface area contributed by atoms with E-state index in [0.717, 1.165) is 35.0 Å². The van der Waals surface area contributed by atoms with Gasteiger partial charge in [0.2, 0.25) is 0 Å². The Labute approximate surface area is 105 Å². The van der Waals surface area contributed by atoms with Gasteiger partial charge in [-0.05, 0) is 63.2 Å². The molecule has 4 fully saturated rings. The second-order valence-electron chi connectivity index (χ2n) is 6.84. The zero-order valence-corrected chi connectivity index (χ0v) is 11.7. The van der Waals surface area contributed by atoms with Gasteiger partial charge in [-0.3, -0.25) is 0 Å². The minimum Gasteiger partial charge on any atom is -0.0498 e. The molecule has 0 nitrogen and oxygen atoms in total. The van der Waals surface area contributed by atoms with Crippen molar-refractivity contribution in [3.8, 4) is 0 Å². The molecule has 0 N–H and O–H groups in total. The molecule has 4 bridgehead atoms. The fourth-order valence-corrected chi connectivity index (χ4v) is 9.72. The summed E-state index contributed by atoms with van der Waals surface area (Å²) >= 11 is 6.05. The van der Waals surface area contributed by atoms with Crippen LogP contribution in [-0.2, 0) is 11.8 Å². The summed E-state index contributed by atoms with van der Waals surface area (Å²) < 4.78 is 0. The van der Waals surface area contributed by atoms with E-state index in [0.29, 0.717) is 0 Å². The van der Waals surface area contributed by atoms with E-state index in [9.17, 15) is 0 Å². The van der Waals surface area contributed by atoms with Crippen molar-refractivity contribution in [2.75, 3.05) is 0 Å². The maximum absolute atomic E-state index is 6.05. The Morgan fingerprint density at radius 2 is 1.19 bits per heavy atom. The average molecular weight is 253 g/mol. The molecule has 0 aliphatic heterocycles. The number of hydrogen-bond acceptors (Lipinski definition) is 1. The van der Waals surface area contributed by atoms with Crippen LogP contribution in [0.15, 0.2) is 0 Å². The molecule has 6 unspecified atom stereocenters. The molecule has 4 aliphatic carbocycles. The predicted molar refractivity (Wildman–Crippen MR) is 72.8 cm³/mol. The van der Waals surface area contributed by atoms with Gasteiger partial charge in [0.15, 0.2) is 18.5 Å². The minimum absolute atomic E-state index is 0.0289. The molecule has 0 spiro atoms. The maximum atomic E-state index is 6.05. The summed E-state index contributed by atoms with van der Waals surface area (Å²) in [4.78, 5) is 0. The summed E-state index contributed by atoms with van der Waals surface area (Å²) in [6, 6.07) is 0. The Morgan fingerprint density at radius 3 is 1.50 bits per heavy atom. The smallest absolute Gasteiger partial charge is 0.0498 e. The molecule has 4 rings (SSSR count). The maximum Gasteiger partial charge on any atom is 0.181 e. The van der Waals surface area contributed by atoms with Crippen LogP contribution in [-0.4, -0.2) is 11.3 Å². The van der Waals surface area contributed by atoms with Gasteiger partial charge >= 0.3 is 0 Å². The first-order valence-corrected chi connectivity index (χ1v) is 9.76. The van der Waals surface area contributed by atoms with Crippen LogP contribution in [0.25, 0.3) is 0 Å². The van der Waals surface area contributed by atoms with Gasteiger partial charge in [-0.15, -0.1) is 0 Å². The number of rotatable bonds is 2. The molecule has 0 amide bonds. The van der Waals surface area contributed by atoms with Crippen molar-refractivity contribution in [3.05, 3.63) is 0 Å². The van der Waals surface area contributed by atoms with E-state index in [1.807, 2.05) is 0 Å². The molecule has 0 aromatic heterocycles. The summed E-state index contributed by atoms with van der Waals surface area (Å²) in [7, 11) is 0. The van der Waals surface area contributed by atoms with Gasteiger partial charge in [0.25, 0.3) is 0 Å². The van der Waals surface area contributed by atoms with E-state index in [2.05, 4.69) is 0 Å². The molecule has 0 radical (unpaired) electrons. The highest BCUT2D eigenvalue weighted by molar-refractivity contribution is 8.05. The SMILES string of the molecule is S=[P+](C1CC2CCC1C2)C1CC2CCC1C2. The minimum atomic E-state index is -0.0289. The van der Waals surface area contributed by atoms with Gasteiger partial charge in [-0.2, -0.15) is 0 Å². The zero-order chi connectivity index (χ0) is 10.7. The molecular formula is C14H22PS+. The second-order valence-corrected chi connectivity index (χ2v) is 10.2. The second kappa shape index (κ2) is 3.75. The van der Waals surface area contributed by atoms with Crippen LogP contribution in [0.3, 0.4) is 0 Å². The lowest BCUT2D eigenvalue weighted by molar-refractivity contribution is 0.466. The summed E-state index contributed by atoms with van der Waals surface area (Å²) in [5, 5.41) is 0. The molecule has 6 atom stereocenters. The van der Waals surface area contributed by atoms with Crippen LogP contribution in [0.2, 0.25) is 0 Å². The molecule has 0 saturated heterocycles. The monoisotopic (exact) mass is 253 g/mol. The van der Waals surface area contributed by atoms with Crippen molar-refractivity contribution in [1.82, 2.24) is 0 Å². The summed E-state index contributed by atoms with van der Waals surface area (Å²) in [6.45, 7) is -0.0289. The topological polar surface area (TPSA) is 0 Å². The quantitative estimate of drug-likeness (QED) is 0.661. The number of hydrogen-bond donors (Lipinski definition) is 0. The van der Waals surface area contributed by atoms with Gasteiger partial charge < -0.3 is 0 Å². The van der Waals surface area contributed by atoms with E-state index in [4.69, 9.17) is 11.8 Å². The summed E-state index contributed by atoms with van der Waals surface area (Å²) in [6.07, 6.45) is 12.3. The molecule has 0 aromatic carbocycles. The van der Waals surface area contributed by atoms with Crippen molar-refractivity contribution in [2.24, 2.45) is 23.7 Å². The lowest BCUT2D eigenvalue weighted by Gasteiger charge is -2.21. The highest BCUT2D eigenvalue weighted by Gasteiger charge is 2.54. The Hall–Kier alpha value is 0.520. The van der Waals surface area contributed by atoms with E-state index in [-0.39, 0.29) is 6.70 Å². The third kappa shape index (κ3) is 1.47. The molecule has 0 heterocycles. The highest BCUT2D eigenvalue weighted by Crippen LogP contribution is 2.62. The normalized spacial score (nSPS) is 54.9. The van der Waals surface area contributed by atoms with E-state index < -0.39 is 0 Å². The molecule has 2 heteroatoms. The van der Waals surface area contributed by atoms with Crippen molar-refractivity contribution in [3.63, 3.8) is 0 Å². The third-order valence-electron chi connectivity index (χ3n) is 6.06. The Kier molecular flexibility index (Phi) is 2.45. The largest absolute Gasteiger partial charge is 0.181 e. The summed E-state index contributed by atoms with van der Waals surface area (Å²) in [5.41, 5.74) is 2.04. The zero-order valence-electron chi connectivity index (χ0n) is 9.98. The van der Waals surface area contributed by atoms with Crippen molar-refractivity contribution < 1.29 is 0 Å². The third-order valence-corrected chi connectivity index (χ3v) is 10.3. The average Bonchev–Trinajstić information content (AvgIpc) is 3.06. The van der Waals surface area contributed by atoms with Crippen molar-refractivity contribution in [2.45, 2.75) is 62.7 Å². The molecule has 4 saturated carbocycles. The first-order chi connectivity index (χ1) is 7.81. The lowest BCUT2D eigenvalue weighted by atomic mass is 10.00. The van der Waals surface area contributed by atoms with Crippen LogP contribution in [0.4, 0.5) is 0 Å². The molecule has 4 aliphatic rings. The summed E-state index contributed by atoms with van der Waals surface area (Å²) in [5.74, 6) is 4.35. The van der Waals surface area contributed by atoms with Crippen LogP contribution in [0.5, 0.6) is 0 Å². The lowest BCUT2D eigenvalue weighted by Crippen LogP contribution is -2.21. The standard InChI is InChI=1S/C14H22PS/c16-15(13-7-9-1-3-11(13)5-9)14-8-10-2-4-12(14)6-10/h9-14H,1-8H2/q+1. The van der Waals surface area contributed by atoms with E-state index >= 15 is 0 Å². The van der Waals surface area contributed by atoms with Crippen molar-refractivity contribution in [1.29, 1.82) is 0 Å². The highest BCUT2D eigenvalue weighted by atomic mass is 32.4. The van der Waals surface area contributed by atoms with Gasteiger partial charge in [0.1, 0.15) is 11.3 Å². The Balaban J connectivity index is 1.50. The molecule has 88 valence electrons. The van der Waals surface area contributed by atoms with E-state index in [1.54, 1.807) is 12.8 Å². The first-order valence-electron chi connectivity index (χ1n) is 7.26. The van der Waals surface area contributed by atoms with Gasteiger partial charge in [-0.25, -0.2) is 0 Å². The van der Waals surface area contributed by atoms with Crippen LogP contribution in [0, 0.1) is 23.7 Å².